The van der Waals surface area contributed by atoms with E-state index in [1.54, 1.807) is 0 Å². The van der Waals surface area contributed by atoms with Crippen LogP contribution >= 0.6 is 0 Å². The first-order valence-electron chi connectivity index (χ1n) is 16.2. The molecule has 5 aromatic rings. The van der Waals surface area contributed by atoms with Crippen LogP contribution in [0.4, 0.5) is 0 Å². The number of aromatic nitrogens is 2. The number of amidine groups is 2. The van der Waals surface area contributed by atoms with Crippen LogP contribution in [0.2, 0.25) is 0 Å². The van der Waals surface area contributed by atoms with E-state index < -0.39 is 0 Å². The van der Waals surface area contributed by atoms with Crippen LogP contribution in [-0.2, 0) is 9.47 Å². The molecule has 0 unspecified atom stereocenters. The number of aromatic amines is 2. The highest BCUT2D eigenvalue weighted by Crippen LogP contribution is 2.29. The van der Waals surface area contributed by atoms with Crippen molar-refractivity contribution in [2.24, 2.45) is 21.5 Å². The van der Waals surface area contributed by atoms with Crippen LogP contribution in [-0.4, -0.2) is 110 Å². The Balaban J connectivity index is 1.01. The van der Waals surface area contributed by atoms with Crippen molar-refractivity contribution < 1.29 is 9.47 Å². The molecule has 2 aliphatic heterocycles. The maximum Gasteiger partial charge on any atom is 0.125 e. The zero-order chi connectivity index (χ0) is 31.3. The molecule has 0 spiro atoms. The Kier molecular flexibility index (Phi) is 9.11. The van der Waals surface area contributed by atoms with E-state index in [1.807, 2.05) is 12.1 Å². The van der Waals surface area contributed by atoms with Gasteiger partial charge in [0.2, 0.25) is 0 Å². The van der Waals surface area contributed by atoms with Gasteiger partial charge in [0.1, 0.15) is 11.7 Å². The number of fused-ring (bicyclic) bond motifs is 2. The number of rotatable bonds is 10. The van der Waals surface area contributed by atoms with Crippen molar-refractivity contribution >= 4 is 33.5 Å². The second-order valence-corrected chi connectivity index (χ2v) is 12.0. The molecule has 2 fully saturated rings. The van der Waals surface area contributed by atoms with Crippen LogP contribution in [0.3, 0.4) is 0 Å². The van der Waals surface area contributed by atoms with Crippen molar-refractivity contribution in [3.8, 4) is 22.5 Å². The second kappa shape index (κ2) is 13.9. The molecule has 0 amide bonds. The fourth-order valence-electron chi connectivity index (χ4n) is 6.17. The minimum Gasteiger partial charge on any atom is -0.384 e. The largest absolute Gasteiger partial charge is 0.384 e. The summed E-state index contributed by atoms with van der Waals surface area (Å²) in [6.07, 6.45) is 0. The van der Waals surface area contributed by atoms with E-state index in [-0.39, 0.29) is 0 Å². The second-order valence-electron chi connectivity index (χ2n) is 12.0. The average molecular weight is 619 g/mol. The van der Waals surface area contributed by atoms with E-state index in [9.17, 15) is 0 Å². The topological polar surface area (TPSA) is 133 Å². The molecule has 4 heterocycles. The Morgan fingerprint density at radius 1 is 0.587 bits per heavy atom. The number of hydrogen-bond donors (Lipinski definition) is 4. The van der Waals surface area contributed by atoms with Crippen molar-refractivity contribution in [1.29, 1.82) is 0 Å². The molecule has 2 saturated heterocycles. The standard InChI is InChI=1S/C36H42N8O2/c37-35(39-9-11-43-13-17-45-18-14-43)29-7-5-27-21-31(41-33(27)23-29)25-1-2-26(4-3-25)32-22-28-6-8-30(24-34(28)42-32)36(38)40-10-12-44-15-19-46-20-16-44/h1-8,21-24,41-42H,9-20H2,(H2,37,39)(H2,38,40). The summed E-state index contributed by atoms with van der Waals surface area (Å²) >= 11 is 0. The van der Waals surface area contributed by atoms with Crippen LogP contribution in [0.1, 0.15) is 11.1 Å². The number of hydrogen-bond acceptors (Lipinski definition) is 6. The van der Waals surface area contributed by atoms with Gasteiger partial charge in [0.15, 0.2) is 0 Å². The van der Waals surface area contributed by atoms with E-state index in [4.69, 9.17) is 20.9 Å². The van der Waals surface area contributed by atoms with Crippen LogP contribution in [0, 0.1) is 0 Å². The maximum atomic E-state index is 6.36. The van der Waals surface area contributed by atoms with E-state index >= 15 is 0 Å². The highest BCUT2D eigenvalue weighted by Gasteiger charge is 2.12. The van der Waals surface area contributed by atoms with Gasteiger partial charge in [-0.2, -0.15) is 0 Å². The van der Waals surface area contributed by atoms with E-state index in [1.165, 1.54) is 0 Å². The molecule has 0 aliphatic carbocycles. The summed E-state index contributed by atoms with van der Waals surface area (Å²) < 4.78 is 10.8. The van der Waals surface area contributed by atoms with Gasteiger partial charge in [0.05, 0.1) is 39.5 Å². The lowest BCUT2D eigenvalue weighted by Gasteiger charge is -2.25. The molecule has 0 radical (unpaired) electrons. The van der Waals surface area contributed by atoms with Gasteiger partial charge in [-0.1, -0.05) is 48.5 Å². The molecule has 2 aromatic heterocycles. The lowest BCUT2D eigenvalue weighted by molar-refractivity contribution is 0.0394. The van der Waals surface area contributed by atoms with Crippen LogP contribution < -0.4 is 11.5 Å². The molecule has 46 heavy (non-hydrogen) atoms. The number of aliphatic imine (C=N–C) groups is 2. The van der Waals surface area contributed by atoms with Crippen molar-refractivity contribution in [3.63, 3.8) is 0 Å². The van der Waals surface area contributed by atoms with Gasteiger partial charge in [-0.3, -0.25) is 19.8 Å². The van der Waals surface area contributed by atoms with Crippen LogP contribution in [0.5, 0.6) is 0 Å². The third-order valence-corrected chi connectivity index (χ3v) is 8.95. The Bertz CT molecular complexity index is 1710. The minimum atomic E-state index is 0.569. The van der Waals surface area contributed by atoms with E-state index in [0.717, 1.165) is 121 Å². The fraction of sp³-hybridized carbons (Fsp3) is 0.333. The third-order valence-electron chi connectivity index (χ3n) is 8.95. The van der Waals surface area contributed by atoms with Crippen LogP contribution in [0.25, 0.3) is 44.3 Å². The molecule has 0 atom stereocenters. The minimum absolute atomic E-state index is 0.569. The number of nitrogens with one attached hydrogen (secondary N) is 2. The van der Waals surface area contributed by atoms with Gasteiger partial charge < -0.3 is 30.9 Å². The Labute approximate surface area is 269 Å². The maximum absolute atomic E-state index is 6.36. The summed E-state index contributed by atoms with van der Waals surface area (Å²) in [4.78, 5) is 21.1. The molecule has 10 nitrogen and oxygen atoms in total. The number of nitrogens with two attached hydrogens (primary N) is 2. The molecule has 7 rings (SSSR count). The Morgan fingerprint density at radius 3 is 1.41 bits per heavy atom. The number of nitrogens with zero attached hydrogens (tertiary/aromatic N) is 4. The number of benzene rings is 3. The monoisotopic (exact) mass is 618 g/mol. The smallest absolute Gasteiger partial charge is 0.125 e. The first-order valence-corrected chi connectivity index (χ1v) is 16.2. The summed E-state index contributed by atoms with van der Waals surface area (Å²) in [6.45, 7) is 10.2. The SMILES string of the molecule is NC(=NCCN1CCOCC1)c1ccc2cc(-c3ccc(-c4cc5ccc(C(N)=NCCN6CCOCC6)cc5[nH]4)cc3)[nH]c2c1. The molecule has 10 heteroatoms. The number of ether oxygens (including phenoxy) is 2. The van der Waals surface area contributed by atoms with Crippen molar-refractivity contribution in [3.05, 3.63) is 83.9 Å². The highest BCUT2D eigenvalue weighted by atomic mass is 16.5. The summed E-state index contributed by atoms with van der Waals surface area (Å²) in [5, 5.41) is 2.28. The molecular formula is C36H42N8O2. The molecule has 3 aromatic carbocycles. The molecular weight excluding hydrogens is 576 g/mol. The number of morpholine rings is 2. The van der Waals surface area contributed by atoms with Crippen LogP contribution in [0.15, 0.2) is 82.8 Å². The summed E-state index contributed by atoms with van der Waals surface area (Å²) in [7, 11) is 0. The lowest BCUT2D eigenvalue weighted by atomic mass is 10.1. The Morgan fingerprint density at radius 2 is 1.00 bits per heavy atom. The fourth-order valence-corrected chi connectivity index (χ4v) is 6.17. The summed E-state index contributed by atoms with van der Waals surface area (Å²) in [5.74, 6) is 1.14. The molecule has 238 valence electrons. The average Bonchev–Trinajstić information content (AvgIpc) is 3.73. The predicted octanol–water partition coefficient (Wildman–Crippen LogP) is 4.06. The third kappa shape index (κ3) is 7.00. The van der Waals surface area contributed by atoms with Gasteiger partial charge in [-0.25, -0.2) is 0 Å². The van der Waals surface area contributed by atoms with Gasteiger partial charge >= 0.3 is 0 Å². The zero-order valence-corrected chi connectivity index (χ0v) is 26.2. The molecule has 0 bridgehead atoms. The molecule has 6 N–H and O–H groups in total. The normalized spacial score (nSPS) is 17.3. The van der Waals surface area contributed by atoms with Gasteiger partial charge in [0.25, 0.3) is 0 Å². The highest BCUT2D eigenvalue weighted by molar-refractivity contribution is 6.02. The molecule has 2 aliphatic rings. The molecule has 0 saturated carbocycles. The predicted molar refractivity (Wildman–Crippen MR) is 187 cm³/mol. The first-order chi connectivity index (χ1) is 22.6. The van der Waals surface area contributed by atoms with Gasteiger partial charge in [-0.05, 0) is 35.4 Å². The summed E-state index contributed by atoms with van der Waals surface area (Å²) in [6, 6.07) is 25.4. The first kappa shape index (κ1) is 30.2. The van der Waals surface area contributed by atoms with Gasteiger partial charge in [0, 0.05) is 83.6 Å². The summed E-state index contributed by atoms with van der Waals surface area (Å²) in [5.41, 5.74) is 21.0. The van der Waals surface area contributed by atoms with E-state index in [2.05, 4.69) is 90.4 Å². The van der Waals surface area contributed by atoms with Crippen molar-refractivity contribution in [2.75, 3.05) is 78.8 Å². The van der Waals surface area contributed by atoms with Crippen molar-refractivity contribution in [2.45, 2.75) is 0 Å². The lowest BCUT2D eigenvalue weighted by Crippen LogP contribution is -2.38. The zero-order valence-electron chi connectivity index (χ0n) is 26.2. The van der Waals surface area contributed by atoms with Gasteiger partial charge in [-0.15, -0.1) is 0 Å². The Hall–Kier alpha value is -4.48. The van der Waals surface area contributed by atoms with E-state index in [0.29, 0.717) is 24.8 Å². The van der Waals surface area contributed by atoms with Crippen molar-refractivity contribution in [1.82, 2.24) is 19.8 Å². The quantitative estimate of drug-likeness (QED) is 0.138. The number of H-pyrrole nitrogens is 2.